The summed E-state index contributed by atoms with van der Waals surface area (Å²) >= 11 is 10.2. The Hall–Kier alpha value is -0.860. The number of aliphatic hydroxyl groups is 1. The second-order valence-electron chi connectivity index (χ2n) is 2.91. The molecular weight excluding hydrogens is 278 g/mol. The Morgan fingerprint density at radius 2 is 2.31 bits per heavy atom. The molecule has 0 saturated carbocycles. The van der Waals surface area contributed by atoms with Gasteiger partial charge in [0.05, 0.1) is 6.26 Å². The van der Waals surface area contributed by atoms with Crippen LogP contribution in [0.3, 0.4) is 0 Å². The summed E-state index contributed by atoms with van der Waals surface area (Å²) in [5.41, 5.74) is 0. The Balaban J connectivity index is 2.80. The molecule has 0 spiro atoms. The van der Waals surface area contributed by atoms with E-state index < -0.39 is 10.1 Å². The van der Waals surface area contributed by atoms with Crippen molar-refractivity contribution in [2.24, 2.45) is 0 Å². The lowest BCUT2D eigenvalue weighted by Crippen LogP contribution is -2.06. The lowest BCUT2D eigenvalue weighted by molar-refractivity contribution is 0.359. The molecule has 6 nitrogen and oxygen atoms in total. The molecule has 1 heterocycles. The summed E-state index contributed by atoms with van der Waals surface area (Å²) in [6.07, 6.45) is 1.25. The van der Waals surface area contributed by atoms with Crippen LogP contribution in [0.15, 0.2) is 4.52 Å². The van der Waals surface area contributed by atoms with E-state index in [4.69, 9.17) is 21.2 Å². The summed E-state index contributed by atoms with van der Waals surface area (Å²) in [5, 5.41) is 11.9. The highest BCUT2D eigenvalue weighted by Crippen LogP contribution is 2.29. The number of hydrogen-bond acceptors (Lipinski definition) is 6. The molecule has 1 rings (SSSR count). The molecular formula is C7H8ClNO5S2. The predicted octanol–water partition coefficient (Wildman–Crippen LogP) is 1.48. The van der Waals surface area contributed by atoms with Gasteiger partial charge in [-0.25, -0.2) is 0 Å². The lowest BCUT2D eigenvalue weighted by Gasteiger charge is -1.97. The van der Waals surface area contributed by atoms with Crippen molar-refractivity contribution in [3.05, 3.63) is 10.8 Å². The van der Waals surface area contributed by atoms with E-state index in [2.05, 4.69) is 21.6 Å². The van der Waals surface area contributed by atoms with E-state index in [-0.39, 0.29) is 34.6 Å². The largest absolute Gasteiger partial charge is 0.502 e. The molecule has 0 radical (unpaired) electrons. The van der Waals surface area contributed by atoms with E-state index in [9.17, 15) is 8.42 Å². The molecule has 0 aromatic carbocycles. The molecule has 0 atom stereocenters. The van der Waals surface area contributed by atoms with Crippen molar-refractivity contribution in [3.8, 4) is 5.88 Å². The number of aromatic nitrogens is 1. The highest BCUT2D eigenvalue weighted by molar-refractivity contribution is 7.86. The molecule has 0 unspecified atom stereocenters. The van der Waals surface area contributed by atoms with E-state index >= 15 is 0 Å². The van der Waals surface area contributed by atoms with Gasteiger partial charge in [0.2, 0.25) is 0 Å². The van der Waals surface area contributed by atoms with Gasteiger partial charge in [-0.05, 0) is 17.4 Å². The van der Waals surface area contributed by atoms with Crippen molar-refractivity contribution < 1.29 is 22.2 Å². The van der Waals surface area contributed by atoms with Gasteiger partial charge >= 0.3 is 10.1 Å². The van der Waals surface area contributed by atoms with Gasteiger partial charge < -0.3 is 13.8 Å². The fraction of sp³-hybridized carbons (Fsp3) is 0.429. The first-order valence-corrected chi connectivity index (χ1v) is 6.65. The van der Waals surface area contributed by atoms with Crippen molar-refractivity contribution >= 4 is 39.0 Å². The molecule has 0 amide bonds. The van der Waals surface area contributed by atoms with Crippen LogP contribution in [-0.2, 0) is 16.5 Å². The summed E-state index contributed by atoms with van der Waals surface area (Å²) < 4.78 is 30.8. The number of thiocarbonyl (C=S) groups is 1. The minimum absolute atomic E-state index is 0.0401. The predicted molar refractivity (Wildman–Crippen MR) is 60.5 cm³/mol. The quantitative estimate of drug-likeness (QED) is 0.647. The Kier molecular flexibility index (Phi) is 4.11. The zero-order valence-corrected chi connectivity index (χ0v) is 10.5. The van der Waals surface area contributed by atoms with Gasteiger partial charge in [0.15, 0.2) is 10.8 Å². The highest BCUT2D eigenvalue weighted by Gasteiger charge is 2.19. The van der Waals surface area contributed by atoms with Crippen LogP contribution in [0.25, 0.3) is 0 Å². The summed E-state index contributed by atoms with van der Waals surface area (Å²) in [7, 11) is -3.70. The summed E-state index contributed by atoms with van der Waals surface area (Å²) in [6, 6.07) is 0. The number of rotatable bonds is 5. The molecule has 1 N–H and O–H groups in total. The fourth-order valence-electron chi connectivity index (χ4n) is 0.867. The first-order valence-electron chi connectivity index (χ1n) is 4.05. The molecule has 90 valence electrons. The van der Waals surface area contributed by atoms with Gasteiger partial charge in [-0.2, -0.15) is 8.42 Å². The maximum Gasteiger partial charge on any atom is 0.307 e. The summed E-state index contributed by atoms with van der Waals surface area (Å²) in [5.74, 6) is -0.111. The van der Waals surface area contributed by atoms with Crippen molar-refractivity contribution in [1.82, 2.24) is 5.16 Å². The lowest BCUT2D eigenvalue weighted by atomic mass is 10.2. The molecule has 16 heavy (non-hydrogen) atoms. The van der Waals surface area contributed by atoms with Crippen LogP contribution in [-0.4, -0.2) is 30.0 Å². The van der Waals surface area contributed by atoms with E-state index in [1.807, 2.05) is 0 Å². The number of nitrogens with zero attached hydrogens (tertiary/aromatic N) is 1. The molecule has 0 saturated heterocycles. The van der Waals surface area contributed by atoms with Gasteiger partial charge in [0.1, 0.15) is 5.02 Å². The number of halogens is 1. The average molecular weight is 286 g/mol. The van der Waals surface area contributed by atoms with Crippen LogP contribution in [0.5, 0.6) is 5.88 Å². The van der Waals surface area contributed by atoms with Gasteiger partial charge in [-0.3, -0.25) is 0 Å². The monoisotopic (exact) mass is 285 g/mol. The number of aliphatic hydroxyl groups excluding tert-OH is 1. The maximum atomic E-state index is 10.8. The van der Waals surface area contributed by atoms with E-state index in [1.165, 1.54) is 0 Å². The third-order valence-electron chi connectivity index (χ3n) is 1.47. The fourth-order valence-corrected chi connectivity index (χ4v) is 1.62. The Bertz CT molecular complexity index is 495. The minimum Gasteiger partial charge on any atom is -0.502 e. The maximum absolute atomic E-state index is 10.8. The molecule has 0 fully saturated rings. The normalized spacial score (nSPS) is 11.4. The molecule has 0 bridgehead atoms. The molecule has 0 aliphatic rings. The van der Waals surface area contributed by atoms with Crippen molar-refractivity contribution in [2.45, 2.75) is 12.8 Å². The molecule has 0 aliphatic heterocycles. The number of hydrogen-bond donors (Lipinski definition) is 1. The topological polar surface area (TPSA) is 89.6 Å². The van der Waals surface area contributed by atoms with Crippen LogP contribution < -0.4 is 4.18 Å². The van der Waals surface area contributed by atoms with E-state index in [1.54, 1.807) is 0 Å². The smallest absolute Gasteiger partial charge is 0.307 e. The first kappa shape index (κ1) is 13.2. The highest BCUT2D eigenvalue weighted by atomic mass is 35.5. The third kappa shape index (κ3) is 3.95. The van der Waals surface area contributed by atoms with Gasteiger partial charge in [0, 0.05) is 12.8 Å². The van der Waals surface area contributed by atoms with Gasteiger partial charge in [0.25, 0.3) is 5.88 Å². The molecule has 9 heteroatoms. The second-order valence-corrected chi connectivity index (χ2v) is 5.33. The number of aryl methyl sites for hydroxylation is 1. The summed E-state index contributed by atoms with van der Waals surface area (Å²) in [6.45, 7) is 0. The zero-order valence-electron chi connectivity index (χ0n) is 8.14. The SMILES string of the molecule is CS(=O)(=O)Oc1noc(CCC(O)=S)c1Cl. The first-order chi connectivity index (χ1) is 7.29. The Labute approximate surface area is 102 Å². The van der Waals surface area contributed by atoms with Crippen molar-refractivity contribution in [2.75, 3.05) is 6.26 Å². The van der Waals surface area contributed by atoms with Crippen LogP contribution in [0.1, 0.15) is 12.2 Å². The second kappa shape index (κ2) is 4.98. The standard InChI is InChI=1S/C7H8ClNO5S2/c1-16(11,12)14-7-6(8)4(13-9-7)2-3-5(10)15/h2-3H2,1H3,(H,10,15). The Morgan fingerprint density at radius 1 is 1.69 bits per heavy atom. The average Bonchev–Trinajstić information content (AvgIpc) is 2.43. The third-order valence-corrected chi connectivity index (χ3v) is 2.50. The molecule has 1 aromatic heterocycles. The van der Waals surface area contributed by atoms with Crippen molar-refractivity contribution in [1.29, 1.82) is 0 Å². The van der Waals surface area contributed by atoms with Crippen molar-refractivity contribution in [3.63, 3.8) is 0 Å². The molecule has 1 aromatic rings. The van der Waals surface area contributed by atoms with Crippen LogP contribution in [0.2, 0.25) is 5.02 Å². The van der Waals surface area contributed by atoms with Gasteiger partial charge in [-0.1, -0.05) is 11.6 Å². The van der Waals surface area contributed by atoms with Crippen LogP contribution >= 0.6 is 23.8 Å². The summed E-state index contributed by atoms with van der Waals surface area (Å²) in [4.78, 5) is 0. The van der Waals surface area contributed by atoms with Gasteiger partial charge in [-0.15, -0.1) is 0 Å². The van der Waals surface area contributed by atoms with E-state index in [0.717, 1.165) is 6.26 Å². The molecule has 0 aliphatic carbocycles. The zero-order chi connectivity index (χ0) is 12.3. The van der Waals surface area contributed by atoms with Crippen LogP contribution in [0.4, 0.5) is 0 Å². The van der Waals surface area contributed by atoms with E-state index in [0.29, 0.717) is 0 Å². The Morgan fingerprint density at radius 3 is 2.81 bits per heavy atom. The van der Waals surface area contributed by atoms with Crippen LogP contribution in [0, 0.1) is 0 Å². The minimum atomic E-state index is -3.70.